The van der Waals surface area contributed by atoms with Crippen LogP contribution >= 0.6 is 0 Å². The molecule has 0 radical (unpaired) electrons. The molecule has 4 saturated carbocycles. The number of allylic oxidation sites excluding steroid dienone is 2. The van der Waals surface area contributed by atoms with Crippen LogP contribution in [0, 0.1) is 50.2 Å². The average Bonchev–Trinajstić information content (AvgIpc) is 2.72. The van der Waals surface area contributed by atoms with Crippen molar-refractivity contribution in [3.8, 4) is 0 Å². The van der Waals surface area contributed by atoms with E-state index in [1.54, 1.807) is 0 Å². The number of aliphatic hydroxyl groups is 2. The molecule has 5 aliphatic rings. The Morgan fingerprint density at radius 2 is 1.56 bits per heavy atom. The maximum Gasteiger partial charge on any atom is 0.0852 e. The normalized spacial score (nSPS) is 53.4. The Morgan fingerprint density at radius 1 is 0.912 bits per heavy atom. The number of fused-ring (bicyclic) bond motifs is 7. The lowest BCUT2D eigenvalue weighted by Gasteiger charge is -2.71. The predicted molar refractivity (Wildman–Crippen MR) is 131 cm³/mol. The molecule has 0 amide bonds. The summed E-state index contributed by atoms with van der Waals surface area (Å²) in [5.74, 6) is 0.0269. The summed E-state index contributed by atoms with van der Waals surface area (Å²) in [5.41, 5.74) is 0.507. The number of aliphatic carboxylic acids is 1. The van der Waals surface area contributed by atoms with Crippen LogP contribution in [0.2, 0.25) is 0 Å². The van der Waals surface area contributed by atoms with E-state index in [1.165, 1.54) is 5.57 Å². The fraction of sp³-hybridized carbons (Fsp3) is 0.900. The van der Waals surface area contributed by atoms with Crippen molar-refractivity contribution >= 4 is 5.97 Å². The van der Waals surface area contributed by atoms with Gasteiger partial charge in [0.1, 0.15) is 0 Å². The summed E-state index contributed by atoms with van der Waals surface area (Å²) in [4.78, 5) is 12.7. The Hall–Kier alpha value is -0.870. The Morgan fingerprint density at radius 3 is 2.21 bits per heavy atom. The molecule has 0 saturated heterocycles. The van der Waals surface area contributed by atoms with E-state index in [2.05, 4.69) is 54.5 Å². The highest BCUT2D eigenvalue weighted by atomic mass is 16.4. The maximum absolute atomic E-state index is 12.7. The van der Waals surface area contributed by atoms with Gasteiger partial charge >= 0.3 is 0 Å². The van der Waals surface area contributed by atoms with Crippen molar-refractivity contribution in [2.45, 2.75) is 118 Å². The molecule has 192 valence electrons. The lowest BCUT2D eigenvalue weighted by Crippen LogP contribution is -2.67. The molecule has 0 aliphatic heterocycles. The summed E-state index contributed by atoms with van der Waals surface area (Å²) in [5, 5.41) is 34.5. The molecule has 0 aromatic heterocycles. The van der Waals surface area contributed by atoms with E-state index in [9.17, 15) is 20.1 Å². The number of aliphatic hydroxyl groups excluding tert-OH is 2. The van der Waals surface area contributed by atoms with Gasteiger partial charge in [-0.1, -0.05) is 60.1 Å². The third-order valence-electron chi connectivity index (χ3n) is 13.0. The van der Waals surface area contributed by atoms with E-state index in [4.69, 9.17) is 0 Å². The van der Waals surface area contributed by atoms with Crippen molar-refractivity contribution in [2.75, 3.05) is 0 Å². The molecule has 0 heterocycles. The minimum absolute atomic E-state index is 0.0356. The van der Waals surface area contributed by atoms with Crippen molar-refractivity contribution in [1.29, 1.82) is 0 Å². The molecule has 4 fully saturated rings. The highest BCUT2D eigenvalue weighted by molar-refractivity contribution is 5.74. The van der Waals surface area contributed by atoms with Crippen LogP contribution in [0.4, 0.5) is 0 Å². The first-order chi connectivity index (χ1) is 15.6. The second-order valence-corrected chi connectivity index (χ2v) is 15.2. The summed E-state index contributed by atoms with van der Waals surface area (Å²) in [7, 11) is 0. The van der Waals surface area contributed by atoms with Gasteiger partial charge < -0.3 is 20.1 Å². The van der Waals surface area contributed by atoms with Crippen LogP contribution in [-0.2, 0) is 4.79 Å². The van der Waals surface area contributed by atoms with Gasteiger partial charge in [-0.3, -0.25) is 0 Å². The quantitative estimate of drug-likeness (QED) is 0.535. The van der Waals surface area contributed by atoms with Gasteiger partial charge in [-0.2, -0.15) is 0 Å². The Bertz CT molecular complexity index is 919. The average molecular weight is 472 g/mol. The summed E-state index contributed by atoms with van der Waals surface area (Å²) < 4.78 is 0. The molecular formula is C30H47O4-. The molecule has 0 spiro atoms. The van der Waals surface area contributed by atoms with E-state index in [1.807, 2.05) is 0 Å². The molecule has 0 aromatic rings. The molecule has 5 rings (SSSR count). The predicted octanol–water partition coefficient (Wildman–Crippen LogP) is 4.87. The topological polar surface area (TPSA) is 80.6 Å². The molecule has 4 heteroatoms. The second kappa shape index (κ2) is 7.12. The molecule has 0 unspecified atom stereocenters. The van der Waals surface area contributed by atoms with Crippen molar-refractivity contribution in [3.05, 3.63) is 11.6 Å². The van der Waals surface area contributed by atoms with E-state index in [0.717, 1.165) is 51.4 Å². The largest absolute Gasteiger partial charge is 0.550 e. The third-order valence-corrected chi connectivity index (χ3v) is 13.0. The number of hydrogen-bond acceptors (Lipinski definition) is 4. The van der Waals surface area contributed by atoms with E-state index in [-0.39, 0.29) is 33.0 Å². The number of hydrogen-bond donors (Lipinski definition) is 2. The summed E-state index contributed by atoms with van der Waals surface area (Å²) in [6.07, 6.45) is 9.11. The first-order valence-electron chi connectivity index (χ1n) is 13.8. The fourth-order valence-electron chi connectivity index (χ4n) is 10.7. The molecule has 4 nitrogen and oxygen atoms in total. The van der Waals surface area contributed by atoms with Crippen LogP contribution in [0.1, 0.15) is 106 Å². The van der Waals surface area contributed by atoms with Gasteiger partial charge in [-0.25, -0.2) is 0 Å². The zero-order chi connectivity index (χ0) is 25.1. The molecule has 0 aromatic carbocycles. The maximum atomic E-state index is 12.7. The van der Waals surface area contributed by atoms with Gasteiger partial charge in [0, 0.05) is 11.4 Å². The number of carbonyl (C=O) groups is 1. The summed E-state index contributed by atoms with van der Waals surface area (Å²) in [6.45, 7) is 16.2. The highest BCUT2D eigenvalue weighted by Crippen LogP contribution is 2.75. The standard InChI is InChI=1S/C30H48O4/c1-25(2)12-14-30(24(33)34)15-13-28(6)18(19(30)16-25)8-9-22-27(5)17-20(31)23(32)26(3,4)21(27)10-11-29(22,28)7/h8,19-23,31-32H,9-17H2,1-7H3,(H,33,34)/p-1/t19-,20-,21-,22+,23-,27-,28+,29+,30-/m0/s1. The Labute approximate surface area is 206 Å². The molecule has 9 atom stereocenters. The van der Waals surface area contributed by atoms with Crippen LogP contribution in [0.15, 0.2) is 11.6 Å². The van der Waals surface area contributed by atoms with Gasteiger partial charge in [0.2, 0.25) is 0 Å². The van der Waals surface area contributed by atoms with Gasteiger partial charge in [0.25, 0.3) is 0 Å². The minimum atomic E-state index is -0.829. The van der Waals surface area contributed by atoms with Gasteiger partial charge in [-0.05, 0) is 103 Å². The zero-order valence-corrected chi connectivity index (χ0v) is 22.5. The third kappa shape index (κ3) is 2.88. The zero-order valence-electron chi connectivity index (χ0n) is 22.5. The molecule has 34 heavy (non-hydrogen) atoms. The smallest absolute Gasteiger partial charge is 0.0852 e. The van der Waals surface area contributed by atoms with Gasteiger partial charge in [0.15, 0.2) is 0 Å². The van der Waals surface area contributed by atoms with Crippen molar-refractivity contribution in [3.63, 3.8) is 0 Å². The number of carboxylic acids is 1. The van der Waals surface area contributed by atoms with Crippen LogP contribution in [0.5, 0.6) is 0 Å². The van der Waals surface area contributed by atoms with Crippen LogP contribution < -0.4 is 5.11 Å². The summed E-state index contributed by atoms with van der Waals surface area (Å²) >= 11 is 0. The van der Waals surface area contributed by atoms with Crippen molar-refractivity contribution in [1.82, 2.24) is 0 Å². The molecule has 5 aliphatic carbocycles. The Balaban J connectivity index is 1.61. The summed E-state index contributed by atoms with van der Waals surface area (Å²) in [6, 6.07) is 0. The van der Waals surface area contributed by atoms with Crippen LogP contribution in [-0.4, -0.2) is 28.4 Å². The SMILES string of the molecule is CC1(C)CC[C@]2(C(=O)[O-])CC[C@]3(C)C(=CC[C@@H]4[C@@]5(C)C[C@H](O)[C@H](O)C(C)(C)[C@@H]5CC[C@]43C)[C@@H]2C1. The van der Waals surface area contributed by atoms with E-state index in [0.29, 0.717) is 18.3 Å². The molecule has 0 bridgehead atoms. The first-order valence-corrected chi connectivity index (χ1v) is 13.8. The van der Waals surface area contributed by atoms with Crippen LogP contribution in [0.3, 0.4) is 0 Å². The highest BCUT2D eigenvalue weighted by Gasteiger charge is 2.69. The van der Waals surface area contributed by atoms with E-state index < -0.39 is 23.6 Å². The second-order valence-electron chi connectivity index (χ2n) is 15.2. The first kappa shape index (κ1) is 24.8. The van der Waals surface area contributed by atoms with Gasteiger partial charge in [-0.15, -0.1) is 0 Å². The number of rotatable bonds is 1. The molecule has 2 N–H and O–H groups in total. The van der Waals surface area contributed by atoms with Gasteiger partial charge in [0.05, 0.1) is 12.2 Å². The van der Waals surface area contributed by atoms with Crippen molar-refractivity contribution < 1.29 is 20.1 Å². The van der Waals surface area contributed by atoms with E-state index >= 15 is 0 Å². The molecular weight excluding hydrogens is 424 g/mol. The van der Waals surface area contributed by atoms with Crippen LogP contribution in [0.25, 0.3) is 0 Å². The lowest BCUT2D eigenvalue weighted by atomic mass is 9.33. The van der Waals surface area contributed by atoms with Crippen molar-refractivity contribution in [2.24, 2.45) is 50.2 Å². The minimum Gasteiger partial charge on any atom is -0.550 e. The Kier molecular flexibility index (Phi) is 5.20. The monoisotopic (exact) mass is 471 g/mol. The number of carboxylic acid groups (broad SMARTS) is 1. The fourth-order valence-corrected chi connectivity index (χ4v) is 10.7. The lowest BCUT2D eigenvalue weighted by molar-refractivity contribution is -0.327. The number of carbonyl (C=O) groups excluding carboxylic acids is 1.